The molecule has 1 saturated heterocycles. The second-order valence-corrected chi connectivity index (χ2v) is 6.07. The molecule has 1 aromatic rings. The van der Waals surface area contributed by atoms with Crippen LogP contribution < -0.4 is 5.73 Å². The highest BCUT2D eigenvalue weighted by Gasteiger charge is 2.28. The predicted octanol–water partition coefficient (Wildman–Crippen LogP) is 1.73. The lowest BCUT2D eigenvalue weighted by Crippen LogP contribution is -2.53. The molecule has 2 N–H and O–H groups in total. The van der Waals surface area contributed by atoms with Crippen LogP contribution in [0, 0.1) is 0 Å². The monoisotopic (exact) mass is 254 g/mol. The third-order valence-electron chi connectivity index (χ3n) is 3.39. The van der Waals surface area contributed by atoms with E-state index < -0.39 is 0 Å². The highest BCUT2D eigenvalue weighted by atomic mass is 32.1. The molecule has 4 heteroatoms. The van der Waals surface area contributed by atoms with Crippen LogP contribution in [-0.2, 0) is 11.2 Å². The molecule has 0 radical (unpaired) electrons. The van der Waals surface area contributed by atoms with Gasteiger partial charge in [-0.05, 0) is 37.8 Å². The summed E-state index contributed by atoms with van der Waals surface area (Å²) in [6.07, 6.45) is 3.09. The molecule has 0 amide bonds. The Morgan fingerprint density at radius 2 is 2.24 bits per heavy atom. The molecule has 2 rings (SSSR count). The van der Waals surface area contributed by atoms with Crippen LogP contribution in [0.3, 0.4) is 0 Å². The van der Waals surface area contributed by atoms with Gasteiger partial charge in [0, 0.05) is 36.7 Å². The average molecular weight is 254 g/mol. The van der Waals surface area contributed by atoms with Gasteiger partial charge in [-0.1, -0.05) is 6.07 Å². The molecular weight excluding hydrogens is 232 g/mol. The summed E-state index contributed by atoms with van der Waals surface area (Å²) in [7, 11) is 2.16. The third kappa shape index (κ3) is 4.07. The molecule has 17 heavy (non-hydrogen) atoms. The molecule has 1 aliphatic heterocycles. The van der Waals surface area contributed by atoms with E-state index in [0.717, 1.165) is 45.6 Å². The van der Waals surface area contributed by atoms with Crippen molar-refractivity contribution in [3.05, 3.63) is 22.4 Å². The summed E-state index contributed by atoms with van der Waals surface area (Å²) >= 11 is 1.83. The molecule has 0 atom stereocenters. The normalized spacial score (nSPS) is 19.7. The molecule has 0 aromatic carbocycles. The first-order chi connectivity index (χ1) is 8.18. The number of thiophene rings is 1. The van der Waals surface area contributed by atoms with Crippen LogP contribution in [0.15, 0.2) is 17.5 Å². The summed E-state index contributed by atoms with van der Waals surface area (Å²) < 4.78 is 5.37. The van der Waals surface area contributed by atoms with E-state index in [1.165, 1.54) is 4.88 Å². The Morgan fingerprint density at radius 3 is 2.88 bits per heavy atom. The summed E-state index contributed by atoms with van der Waals surface area (Å²) in [5.74, 6) is 0. The Bertz CT molecular complexity index is 320. The minimum Gasteiger partial charge on any atom is -0.381 e. The van der Waals surface area contributed by atoms with Crippen molar-refractivity contribution in [3.63, 3.8) is 0 Å². The highest BCUT2D eigenvalue weighted by molar-refractivity contribution is 7.09. The maximum absolute atomic E-state index is 6.39. The number of likely N-dealkylation sites (N-methyl/N-ethyl adjacent to an activating group) is 1. The SMILES string of the molecule is CN(CCc1cccs1)CC1(N)CCOCC1. The van der Waals surface area contributed by atoms with Gasteiger partial charge >= 0.3 is 0 Å². The molecule has 0 unspecified atom stereocenters. The Kier molecular flexibility index (Phi) is 4.56. The van der Waals surface area contributed by atoms with Crippen LogP contribution in [0.5, 0.6) is 0 Å². The maximum Gasteiger partial charge on any atom is 0.0484 e. The smallest absolute Gasteiger partial charge is 0.0484 e. The second-order valence-electron chi connectivity index (χ2n) is 5.04. The van der Waals surface area contributed by atoms with Gasteiger partial charge in [-0.3, -0.25) is 0 Å². The largest absolute Gasteiger partial charge is 0.381 e. The molecule has 0 aliphatic carbocycles. The van der Waals surface area contributed by atoms with Crippen molar-refractivity contribution in [1.82, 2.24) is 4.90 Å². The zero-order valence-electron chi connectivity index (χ0n) is 10.5. The van der Waals surface area contributed by atoms with E-state index >= 15 is 0 Å². The molecule has 0 saturated carbocycles. The van der Waals surface area contributed by atoms with Crippen molar-refractivity contribution in [1.29, 1.82) is 0 Å². The summed E-state index contributed by atoms with van der Waals surface area (Å²) in [6.45, 7) is 3.69. The van der Waals surface area contributed by atoms with Gasteiger partial charge in [-0.25, -0.2) is 0 Å². The molecular formula is C13H22N2OS. The number of nitrogens with zero attached hydrogens (tertiary/aromatic N) is 1. The number of hydrogen-bond acceptors (Lipinski definition) is 4. The van der Waals surface area contributed by atoms with E-state index in [2.05, 4.69) is 29.5 Å². The molecule has 0 bridgehead atoms. The summed E-state index contributed by atoms with van der Waals surface area (Å²) in [4.78, 5) is 3.81. The Balaban J connectivity index is 1.74. The van der Waals surface area contributed by atoms with Gasteiger partial charge in [0.15, 0.2) is 0 Å². The van der Waals surface area contributed by atoms with Gasteiger partial charge in [-0.2, -0.15) is 0 Å². The van der Waals surface area contributed by atoms with Gasteiger partial charge < -0.3 is 15.4 Å². The topological polar surface area (TPSA) is 38.5 Å². The van der Waals surface area contributed by atoms with E-state index in [-0.39, 0.29) is 5.54 Å². The summed E-state index contributed by atoms with van der Waals surface area (Å²) in [5, 5.41) is 2.14. The number of rotatable bonds is 5. The van der Waals surface area contributed by atoms with Crippen molar-refractivity contribution in [2.45, 2.75) is 24.8 Å². The molecule has 1 fully saturated rings. The van der Waals surface area contributed by atoms with Gasteiger partial charge in [0.25, 0.3) is 0 Å². The van der Waals surface area contributed by atoms with Crippen molar-refractivity contribution in [2.24, 2.45) is 5.73 Å². The van der Waals surface area contributed by atoms with Crippen molar-refractivity contribution in [2.75, 3.05) is 33.4 Å². The number of nitrogens with two attached hydrogens (primary N) is 1. The summed E-state index contributed by atoms with van der Waals surface area (Å²) in [5.41, 5.74) is 6.35. The van der Waals surface area contributed by atoms with Gasteiger partial charge in [-0.15, -0.1) is 11.3 Å². The van der Waals surface area contributed by atoms with Crippen LogP contribution >= 0.6 is 11.3 Å². The molecule has 1 aliphatic rings. The molecule has 2 heterocycles. The quantitative estimate of drug-likeness (QED) is 0.869. The first-order valence-electron chi connectivity index (χ1n) is 6.26. The zero-order chi connectivity index (χ0) is 12.1. The fourth-order valence-electron chi connectivity index (χ4n) is 2.31. The van der Waals surface area contributed by atoms with Gasteiger partial charge in [0.05, 0.1) is 0 Å². The number of hydrogen-bond donors (Lipinski definition) is 1. The first kappa shape index (κ1) is 13.0. The van der Waals surface area contributed by atoms with E-state index in [9.17, 15) is 0 Å². The zero-order valence-corrected chi connectivity index (χ0v) is 11.3. The van der Waals surface area contributed by atoms with Crippen LogP contribution in [0.25, 0.3) is 0 Å². The molecule has 96 valence electrons. The summed E-state index contributed by atoms with van der Waals surface area (Å²) in [6, 6.07) is 4.31. The first-order valence-corrected chi connectivity index (χ1v) is 7.13. The molecule has 1 aromatic heterocycles. The Hall–Kier alpha value is -0.420. The van der Waals surface area contributed by atoms with E-state index in [0.29, 0.717) is 0 Å². The van der Waals surface area contributed by atoms with Gasteiger partial charge in [0.2, 0.25) is 0 Å². The van der Waals surface area contributed by atoms with Crippen molar-refractivity contribution >= 4 is 11.3 Å². The van der Waals surface area contributed by atoms with E-state index in [1.807, 2.05) is 11.3 Å². The van der Waals surface area contributed by atoms with E-state index in [4.69, 9.17) is 10.5 Å². The standard InChI is InChI=1S/C13H22N2OS/c1-15(7-4-12-3-2-10-17-12)11-13(14)5-8-16-9-6-13/h2-3,10H,4-9,11,14H2,1H3. The number of ether oxygens (including phenoxy) is 1. The molecule has 3 nitrogen and oxygen atoms in total. The minimum absolute atomic E-state index is 0.0392. The van der Waals surface area contributed by atoms with Crippen molar-refractivity contribution < 1.29 is 4.74 Å². The molecule has 0 spiro atoms. The predicted molar refractivity (Wildman–Crippen MR) is 72.5 cm³/mol. The lowest BCUT2D eigenvalue weighted by atomic mass is 9.91. The second kappa shape index (κ2) is 5.96. The van der Waals surface area contributed by atoms with Crippen LogP contribution in [0.2, 0.25) is 0 Å². The lowest BCUT2D eigenvalue weighted by molar-refractivity contribution is 0.0413. The van der Waals surface area contributed by atoms with Crippen LogP contribution in [-0.4, -0.2) is 43.8 Å². The fourth-order valence-corrected chi connectivity index (χ4v) is 3.01. The highest BCUT2D eigenvalue weighted by Crippen LogP contribution is 2.19. The van der Waals surface area contributed by atoms with Crippen molar-refractivity contribution in [3.8, 4) is 0 Å². The van der Waals surface area contributed by atoms with Gasteiger partial charge in [0.1, 0.15) is 0 Å². The van der Waals surface area contributed by atoms with E-state index in [1.54, 1.807) is 0 Å². The third-order valence-corrected chi connectivity index (χ3v) is 4.33. The average Bonchev–Trinajstić information content (AvgIpc) is 2.79. The maximum atomic E-state index is 6.39. The van der Waals surface area contributed by atoms with Crippen LogP contribution in [0.1, 0.15) is 17.7 Å². The fraction of sp³-hybridized carbons (Fsp3) is 0.692. The van der Waals surface area contributed by atoms with Crippen LogP contribution in [0.4, 0.5) is 0 Å². The lowest BCUT2D eigenvalue weighted by Gasteiger charge is -2.36. The minimum atomic E-state index is -0.0392. The Morgan fingerprint density at radius 1 is 1.47 bits per heavy atom. The Labute approximate surface area is 108 Å².